The van der Waals surface area contributed by atoms with E-state index in [1.807, 2.05) is 37.8 Å². The van der Waals surface area contributed by atoms with Crippen molar-refractivity contribution in [2.45, 2.75) is 20.8 Å². The zero-order chi connectivity index (χ0) is 14.8. The molecule has 0 aliphatic carbocycles. The molecular weight excluding hydrogens is 252 g/mol. The highest BCUT2D eigenvalue weighted by atomic mass is 16.2. The summed E-state index contributed by atoms with van der Waals surface area (Å²) in [4.78, 5) is 20.4. The molecule has 1 saturated heterocycles. The normalized spacial score (nSPS) is 15.9. The summed E-state index contributed by atoms with van der Waals surface area (Å²) >= 11 is 0. The number of hydrogen-bond donors (Lipinski definition) is 0. The number of rotatable bonds is 1. The fraction of sp³-hybridized carbons (Fsp3) is 0.533. The van der Waals surface area contributed by atoms with Gasteiger partial charge in [-0.25, -0.2) is 4.98 Å². The van der Waals surface area contributed by atoms with E-state index >= 15 is 0 Å². The Morgan fingerprint density at radius 1 is 1.25 bits per heavy atom. The van der Waals surface area contributed by atoms with Crippen LogP contribution in [0.3, 0.4) is 0 Å². The molecule has 0 saturated carbocycles. The Morgan fingerprint density at radius 3 is 2.35 bits per heavy atom. The number of nitriles is 1. The molecule has 106 valence electrons. The van der Waals surface area contributed by atoms with E-state index < -0.39 is 0 Å². The smallest absolute Gasteiger partial charge is 0.228 e. The number of aromatic nitrogens is 1. The molecule has 2 rings (SSSR count). The standard InChI is InChI=1S/C15H20N4O/c1-15(2,3)14(20)19-8-6-18(7-9-19)13-5-4-12(10-16)17-11-13/h4-5,11H,6-9H2,1-3H3. The second-order valence-corrected chi connectivity index (χ2v) is 6.04. The number of amides is 1. The predicted molar refractivity (Wildman–Crippen MR) is 77.2 cm³/mol. The van der Waals surface area contributed by atoms with E-state index in [9.17, 15) is 4.79 Å². The van der Waals surface area contributed by atoms with Crippen LogP contribution in [0, 0.1) is 16.7 Å². The third kappa shape index (κ3) is 3.08. The van der Waals surface area contributed by atoms with E-state index in [0.717, 1.165) is 31.9 Å². The summed E-state index contributed by atoms with van der Waals surface area (Å²) in [5.41, 5.74) is 1.11. The van der Waals surface area contributed by atoms with E-state index in [4.69, 9.17) is 5.26 Å². The molecule has 0 N–H and O–H groups in total. The molecule has 20 heavy (non-hydrogen) atoms. The van der Waals surface area contributed by atoms with Gasteiger partial charge in [0, 0.05) is 31.6 Å². The first-order chi connectivity index (χ1) is 9.41. The first kappa shape index (κ1) is 14.3. The van der Waals surface area contributed by atoms with Crippen LogP contribution in [0.1, 0.15) is 26.5 Å². The maximum absolute atomic E-state index is 12.2. The van der Waals surface area contributed by atoms with Gasteiger partial charge in [-0.15, -0.1) is 0 Å². The molecule has 0 atom stereocenters. The van der Waals surface area contributed by atoms with Crippen LogP contribution in [-0.4, -0.2) is 42.0 Å². The lowest BCUT2D eigenvalue weighted by atomic mass is 9.94. The van der Waals surface area contributed by atoms with Crippen molar-refractivity contribution in [1.82, 2.24) is 9.88 Å². The summed E-state index contributed by atoms with van der Waals surface area (Å²) in [5.74, 6) is 0.204. The van der Waals surface area contributed by atoms with Crippen LogP contribution in [0.5, 0.6) is 0 Å². The fourth-order valence-electron chi connectivity index (χ4n) is 2.28. The topological polar surface area (TPSA) is 60.2 Å². The molecule has 1 amide bonds. The Hall–Kier alpha value is -2.09. The van der Waals surface area contributed by atoms with Crippen LogP contribution < -0.4 is 4.90 Å². The third-order valence-corrected chi connectivity index (χ3v) is 3.44. The number of piperazine rings is 1. The molecule has 0 aromatic carbocycles. The Balaban J connectivity index is 1.97. The Labute approximate surface area is 119 Å². The van der Waals surface area contributed by atoms with Crippen molar-refractivity contribution in [3.63, 3.8) is 0 Å². The zero-order valence-electron chi connectivity index (χ0n) is 12.3. The van der Waals surface area contributed by atoms with Crippen molar-refractivity contribution in [2.24, 2.45) is 5.41 Å². The van der Waals surface area contributed by atoms with Gasteiger partial charge in [0.1, 0.15) is 11.8 Å². The molecule has 0 bridgehead atoms. The molecule has 5 nitrogen and oxygen atoms in total. The molecule has 1 aromatic heterocycles. The molecule has 1 fully saturated rings. The monoisotopic (exact) mass is 272 g/mol. The summed E-state index contributed by atoms with van der Waals surface area (Å²) in [5, 5.41) is 8.74. The van der Waals surface area contributed by atoms with E-state index in [-0.39, 0.29) is 11.3 Å². The largest absolute Gasteiger partial charge is 0.367 e. The maximum atomic E-state index is 12.2. The number of pyridine rings is 1. The van der Waals surface area contributed by atoms with Crippen LogP contribution in [0.4, 0.5) is 5.69 Å². The summed E-state index contributed by atoms with van der Waals surface area (Å²) in [6, 6.07) is 5.65. The number of anilines is 1. The van der Waals surface area contributed by atoms with E-state index in [0.29, 0.717) is 5.69 Å². The van der Waals surface area contributed by atoms with Crippen molar-refractivity contribution in [3.05, 3.63) is 24.0 Å². The van der Waals surface area contributed by atoms with Gasteiger partial charge in [-0.3, -0.25) is 4.79 Å². The summed E-state index contributed by atoms with van der Waals surface area (Å²) in [6.45, 7) is 8.92. The second-order valence-electron chi connectivity index (χ2n) is 6.04. The Bertz CT molecular complexity index is 516. The molecule has 1 aromatic rings. The Kier molecular flexibility index (Phi) is 3.93. The average molecular weight is 272 g/mol. The van der Waals surface area contributed by atoms with Crippen molar-refractivity contribution < 1.29 is 4.79 Å². The predicted octanol–water partition coefficient (Wildman–Crippen LogP) is 1.65. The van der Waals surface area contributed by atoms with Crippen LogP contribution in [0.25, 0.3) is 0 Å². The number of nitrogens with zero attached hydrogens (tertiary/aromatic N) is 4. The van der Waals surface area contributed by atoms with Gasteiger partial charge >= 0.3 is 0 Å². The van der Waals surface area contributed by atoms with E-state index in [2.05, 4.69) is 9.88 Å². The molecule has 2 heterocycles. The highest BCUT2D eigenvalue weighted by Crippen LogP contribution is 2.20. The molecule has 0 radical (unpaired) electrons. The molecule has 0 unspecified atom stereocenters. The fourth-order valence-corrected chi connectivity index (χ4v) is 2.28. The summed E-state index contributed by atoms with van der Waals surface area (Å²) in [7, 11) is 0. The van der Waals surface area contributed by atoms with Gasteiger partial charge in [0.25, 0.3) is 0 Å². The third-order valence-electron chi connectivity index (χ3n) is 3.44. The van der Waals surface area contributed by atoms with Gasteiger partial charge in [-0.1, -0.05) is 20.8 Å². The minimum absolute atomic E-state index is 0.204. The van der Waals surface area contributed by atoms with Gasteiger partial charge in [-0.05, 0) is 12.1 Å². The number of carbonyl (C=O) groups excluding carboxylic acids is 1. The van der Waals surface area contributed by atoms with Crippen molar-refractivity contribution >= 4 is 11.6 Å². The first-order valence-corrected chi connectivity index (χ1v) is 6.82. The van der Waals surface area contributed by atoms with Crippen LogP contribution in [-0.2, 0) is 4.79 Å². The second kappa shape index (κ2) is 5.49. The van der Waals surface area contributed by atoms with E-state index in [1.165, 1.54) is 0 Å². The van der Waals surface area contributed by atoms with Gasteiger partial charge < -0.3 is 9.80 Å². The zero-order valence-corrected chi connectivity index (χ0v) is 12.3. The van der Waals surface area contributed by atoms with Gasteiger partial charge in [-0.2, -0.15) is 5.26 Å². The van der Waals surface area contributed by atoms with Gasteiger partial charge in [0.2, 0.25) is 5.91 Å². The minimum Gasteiger partial charge on any atom is -0.367 e. The molecule has 1 aliphatic rings. The van der Waals surface area contributed by atoms with Gasteiger partial charge in [0.05, 0.1) is 11.9 Å². The molecule has 5 heteroatoms. The van der Waals surface area contributed by atoms with Crippen LogP contribution in [0.15, 0.2) is 18.3 Å². The van der Waals surface area contributed by atoms with Gasteiger partial charge in [0.15, 0.2) is 0 Å². The first-order valence-electron chi connectivity index (χ1n) is 6.82. The molecule has 0 spiro atoms. The van der Waals surface area contributed by atoms with Crippen LogP contribution in [0.2, 0.25) is 0 Å². The summed E-state index contributed by atoms with van der Waals surface area (Å²) in [6.07, 6.45) is 1.72. The van der Waals surface area contributed by atoms with Crippen molar-refractivity contribution in [1.29, 1.82) is 5.26 Å². The Morgan fingerprint density at radius 2 is 1.90 bits per heavy atom. The van der Waals surface area contributed by atoms with Crippen LogP contribution >= 0.6 is 0 Å². The minimum atomic E-state index is -0.321. The highest BCUT2D eigenvalue weighted by Gasteiger charge is 2.29. The molecule has 1 aliphatic heterocycles. The lowest BCUT2D eigenvalue weighted by Crippen LogP contribution is -2.51. The lowest BCUT2D eigenvalue weighted by Gasteiger charge is -2.38. The number of carbonyl (C=O) groups is 1. The quantitative estimate of drug-likeness (QED) is 0.780. The molecular formula is C15H20N4O. The van der Waals surface area contributed by atoms with Crippen molar-refractivity contribution in [2.75, 3.05) is 31.1 Å². The number of hydrogen-bond acceptors (Lipinski definition) is 4. The maximum Gasteiger partial charge on any atom is 0.228 e. The average Bonchev–Trinajstić information content (AvgIpc) is 2.46. The SMILES string of the molecule is CC(C)(C)C(=O)N1CCN(c2ccc(C#N)nc2)CC1. The van der Waals surface area contributed by atoms with E-state index in [1.54, 1.807) is 12.3 Å². The summed E-state index contributed by atoms with van der Waals surface area (Å²) < 4.78 is 0. The van der Waals surface area contributed by atoms with Crippen molar-refractivity contribution in [3.8, 4) is 6.07 Å². The lowest BCUT2D eigenvalue weighted by molar-refractivity contribution is -0.139. The highest BCUT2D eigenvalue weighted by molar-refractivity contribution is 5.81.